The van der Waals surface area contributed by atoms with Gasteiger partial charge in [-0.15, -0.1) is 11.8 Å². The van der Waals surface area contributed by atoms with Crippen molar-refractivity contribution in [1.29, 1.82) is 0 Å². The van der Waals surface area contributed by atoms with E-state index < -0.39 is 17.8 Å². The Morgan fingerprint density at radius 3 is 2.71 bits per heavy atom. The summed E-state index contributed by atoms with van der Waals surface area (Å²) in [7, 11) is 0. The van der Waals surface area contributed by atoms with Gasteiger partial charge in [-0.05, 0) is 74.5 Å². The Hall–Kier alpha value is -2.78. The Morgan fingerprint density at radius 2 is 1.91 bits per heavy atom. The minimum Gasteiger partial charge on any atom is -0.334 e. The van der Waals surface area contributed by atoms with Gasteiger partial charge in [0.25, 0.3) is 0 Å². The summed E-state index contributed by atoms with van der Waals surface area (Å²) in [4.78, 5) is 19.6. The zero-order chi connectivity index (χ0) is 24.7. The third-order valence-electron chi connectivity index (χ3n) is 6.09. The zero-order valence-electron chi connectivity index (χ0n) is 19.4. The molecule has 186 valence electrons. The van der Waals surface area contributed by atoms with Gasteiger partial charge in [-0.1, -0.05) is 24.6 Å². The summed E-state index contributed by atoms with van der Waals surface area (Å²) in [5.41, 5.74) is 0.633. The highest BCUT2D eigenvalue weighted by atomic mass is 32.2. The van der Waals surface area contributed by atoms with Gasteiger partial charge in [0.2, 0.25) is 0 Å². The first-order valence-electron chi connectivity index (χ1n) is 11.8. The number of pyridine rings is 1. The molecule has 5 nitrogen and oxygen atoms in total. The number of rotatable bonds is 8. The number of alkyl halides is 3. The summed E-state index contributed by atoms with van der Waals surface area (Å²) in [6.45, 7) is 3.30. The van der Waals surface area contributed by atoms with Crippen LogP contribution in [0.15, 0.2) is 59.8 Å². The van der Waals surface area contributed by atoms with Gasteiger partial charge in [0, 0.05) is 34.6 Å². The van der Waals surface area contributed by atoms with Gasteiger partial charge in [-0.2, -0.15) is 13.2 Å². The first kappa shape index (κ1) is 25.3. The van der Waals surface area contributed by atoms with Crippen molar-refractivity contribution in [3.63, 3.8) is 0 Å². The van der Waals surface area contributed by atoms with Crippen LogP contribution in [0.4, 0.5) is 23.7 Å². The summed E-state index contributed by atoms with van der Waals surface area (Å²) in [5, 5.41) is 7.37. The summed E-state index contributed by atoms with van der Waals surface area (Å²) < 4.78 is 39.9. The first-order chi connectivity index (χ1) is 16.9. The van der Waals surface area contributed by atoms with Crippen molar-refractivity contribution in [1.82, 2.24) is 15.2 Å². The van der Waals surface area contributed by atoms with E-state index in [1.54, 1.807) is 18.5 Å². The normalized spacial score (nSPS) is 14.7. The molecule has 0 saturated carbocycles. The van der Waals surface area contributed by atoms with E-state index in [-0.39, 0.29) is 6.54 Å². The number of likely N-dealkylation sites (tertiary alicyclic amines) is 1. The van der Waals surface area contributed by atoms with Crippen molar-refractivity contribution >= 4 is 34.3 Å². The number of aromatic nitrogens is 1. The third kappa shape index (κ3) is 7.11. The highest BCUT2D eigenvalue weighted by Gasteiger charge is 2.31. The molecule has 0 unspecified atom stereocenters. The molecule has 2 heterocycles. The van der Waals surface area contributed by atoms with Crippen LogP contribution in [-0.2, 0) is 12.7 Å². The number of nitrogens with zero attached hydrogens (tertiary/aromatic N) is 2. The largest absolute Gasteiger partial charge is 0.416 e. The van der Waals surface area contributed by atoms with Crippen molar-refractivity contribution in [2.24, 2.45) is 0 Å². The number of carbonyl (C=O) groups excluding carboxylic acids is 1. The van der Waals surface area contributed by atoms with Crippen LogP contribution in [-0.4, -0.2) is 41.3 Å². The quantitative estimate of drug-likeness (QED) is 0.271. The van der Waals surface area contributed by atoms with E-state index in [0.717, 1.165) is 48.6 Å². The number of hydrogen-bond donors (Lipinski definition) is 2. The van der Waals surface area contributed by atoms with Crippen molar-refractivity contribution in [3.8, 4) is 0 Å². The van der Waals surface area contributed by atoms with Gasteiger partial charge >= 0.3 is 12.2 Å². The molecule has 9 heteroatoms. The van der Waals surface area contributed by atoms with E-state index in [9.17, 15) is 18.0 Å². The highest BCUT2D eigenvalue weighted by Crippen LogP contribution is 2.34. The molecule has 0 radical (unpaired) electrons. The third-order valence-corrected chi connectivity index (χ3v) is 7.27. The van der Waals surface area contributed by atoms with Crippen molar-refractivity contribution in [2.75, 3.05) is 30.7 Å². The van der Waals surface area contributed by atoms with Crippen molar-refractivity contribution in [3.05, 3.63) is 66.0 Å². The van der Waals surface area contributed by atoms with Gasteiger partial charge in [-0.25, -0.2) is 4.79 Å². The molecule has 2 amide bonds. The Kier molecular flexibility index (Phi) is 8.51. The Morgan fingerprint density at radius 1 is 1.09 bits per heavy atom. The minimum absolute atomic E-state index is 0.130. The van der Waals surface area contributed by atoms with Gasteiger partial charge in [0.15, 0.2) is 0 Å². The standard InChI is InChI=1S/C26H29F3N4OS/c27-26(28,29)21-9-8-20(24(16-21)35-15-5-14-33-12-2-1-3-13-33)18-31-25(34)32-23-7-4-6-19-17-30-11-10-22(19)23/h4,6-11,16-17H,1-3,5,12-15,18H2,(H2,31,32,34). The molecule has 0 aliphatic carbocycles. The number of nitrogens with one attached hydrogen (secondary N) is 2. The van der Waals surface area contributed by atoms with E-state index in [1.165, 1.54) is 43.2 Å². The summed E-state index contributed by atoms with van der Waals surface area (Å²) >= 11 is 1.42. The molecule has 35 heavy (non-hydrogen) atoms. The fourth-order valence-corrected chi connectivity index (χ4v) is 5.27. The molecule has 0 spiro atoms. The van der Waals surface area contributed by atoms with E-state index in [2.05, 4.69) is 20.5 Å². The van der Waals surface area contributed by atoms with Crippen LogP contribution >= 0.6 is 11.8 Å². The Balaban J connectivity index is 1.38. The van der Waals surface area contributed by atoms with Crippen LogP contribution in [0.5, 0.6) is 0 Å². The molecule has 4 rings (SSSR count). The topological polar surface area (TPSA) is 57.3 Å². The first-order valence-corrected chi connectivity index (χ1v) is 12.8. The van der Waals surface area contributed by atoms with Gasteiger partial charge in [0.05, 0.1) is 11.3 Å². The fourth-order valence-electron chi connectivity index (χ4n) is 4.24. The van der Waals surface area contributed by atoms with E-state index in [1.807, 2.05) is 18.2 Å². The van der Waals surface area contributed by atoms with Crippen LogP contribution in [0, 0.1) is 0 Å². The molecular weight excluding hydrogens is 473 g/mol. The Labute approximate surface area is 207 Å². The Bertz CT molecular complexity index is 1140. The number of fused-ring (bicyclic) bond motifs is 1. The van der Waals surface area contributed by atoms with Gasteiger partial charge in [-0.3, -0.25) is 4.98 Å². The molecule has 1 saturated heterocycles. The van der Waals surface area contributed by atoms with Crippen LogP contribution in [0.3, 0.4) is 0 Å². The average molecular weight is 503 g/mol. The lowest BCUT2D eigenvalue weighted by molar-refractivity contribution is -0.137. The monoisotopic (exact) mass is 502 g/mol. The maximum Gasteiger partial charge on any atom is 0.416 e. The second kappa shape index (κ2) is 11.8. The molecule has 2 aromatic carbocycles. The number of urea groups is 1. The van der Waals surface area contributed by atoms with Crippen LogP contribution < -0.4 is 10.6 Å². The molecule has 3 aromatic rings. The number of benzene rings is 2. The molecule has 0 bridgehead atoms. The predicted molar refractivity (Wildman–Crippen MR) is 135 cm³/mol. The average Bonchev–Trinajstić information content (AvgIpc) is 2.86. The number of piperidine rings is 1. The summed E-state index contributed by atoms with van der Waals surface area (Å²) in [6, 6.07) is 10.7. The molecule has 1 aliphatic heterocycles. The fraction of sp³-hybridized carbons (Fsp3) is 0.385. The SMILES string of the molecule is O=C(NCc1ccc(C(F)(F)F)cc1SCCCN1CCCCC1)Nc1cccc2cnccc12. The number of carbonyl (C=O) groups is 1. The maximum atomic E-state index is 13.3. The number of thioether (sulfide) groups is 1. The lowest BCUT2D eigenvalue weighted by Crippen LogP contribution is -2.30. The molecule has 1 aromatic heterocycles. The van der Waals surface area contributed by atoms with Crippen LogP contribution in [0.2, 0.25) is 0 Å². The smallest absolute Gasteiger partial charge is 0.334 e. The van der Waals surface area contributed by atoms with Crippen LogP contribution in [0.1, 0.15) is 36.8 Å². The van der Waals surface area contributed by atoms with Gasteiger partial charge in [0.1, 0.15) is 0 Å². The van der Waals surface area contributed by atoms with Crippen molar-refractivity contribution < 1.29 is 18.0 Å². The second-order valence-electron chi connectivity index (χ2n) is 8.63. The molecule has 1 aliphatic rings. The lowest BCUT2D eigenvalue weighted by Gasteiger charge is -2.26. The highest BCUT2D eigenvalue weighted by molar-refractivity contribution is 7.99. The molecule has 1 fully saturated rings. The van der Waals surface area contributed by atoms with Crippen LogP contribution in [0.25, 0.3) is 10.8 Å². The van der Waals surface area contributed by atoms with E-state index >= 15 is 0 Å². The maximum absolute atomic E-state index is 13.3. The number of anilines is 1. The molecular formula is C26H29F3N4OS. The summed E-state index contributed by atoms with van der Waals surface area (Å²) in [6.07, 6.45) is 3.58. The lowest BCUT2D eigenvalue weighted by atomic mass is 10.1. The predicted octanol–water partition coefficient (Wildman–Crippen LogP) is 6.54. The van der Waals surface area contributed by atoms with E-state index in [4.69, 9.17) is 0 Å². The molecule has 2 N–H and O–H groups in total. The zero-order valence-corrected chi connectivity index (χ0v) is 20.2. The number of halogens is 3. The summed E-state index contributed by atoms with van der Waals surface area (Å²) in [5.74, 6) is 0.723. The van der Waals surface area contributed by atoms with Gasteiger partial charge < -0.3 is 15.5 Å². The number of amides is 2. The second-order valence-corrected chi connectivity index (χ2v) is 9.77. The van der Waals surface area contributed by atoms with E-state index in [0.29, 0.717) is 16.1 Å². The molecule has 0 atom stereocenters. The number of hydrogen-bond acceptors (Lipinski definition) is 4. The minimum atomic E-state index is -4.41. The van der Waals surface area contributed by atoms with Crippen molar-refractivity contribution in [2.45, 2.75) is 43.3 Å².